The second-order valence-electron chi connectivity index (χ2n) is 5.80. The van der Waals surface area contributed by atoms with Crippen LogP contribution >= 0.6 is 23.2 Å². The maximum Gasteiger partial charge on any atom is 0.142 e. The zero-order valence-corrected chi connectivity index (χ0v) is 14.2. The minimum absolute atomic E-state index is 0.276. The number of hydrogen-bond acceptors (Lipinski definition) is 3. The Morgan fingerprint density at radius 1 is 1.09 bits per heavy atom. The third kappa shape index (κ3) is 3.02. The lowest BCUT2D eigenvalue weighted by Gasteiger charge is -2.20. The van der Waals surface area contributed by atoms with Crippen molar-refractivity contribution >= 4 is 29.0 Å². The Morgan fingerprint density at radius 3 is 2.57 bits per heavy atom. The lowest BCUT2D eigenvalue weighted by atomic mass is 9.88. The Labute approximate surface area is 146 Å². The summed E-state index contributed by atoms with van der Waals surface area (Å²) in [5.74, 6) is 0.276. The number of rotatable bonds is 1. The molecule has 1 heterocycles. The third-order valence-electron chi connectivity index (χ3n) is 4.33. The van der Waals surface area contributed by atoms with Crippen molar-refractivity contribution in [1.82, 2.24) is 4.98 Å². The van der Waals surface area contributed by atoms with Gasteiger partial charge in [0.15, 0.2) is 0 Å². The van der Waals surface area contributed by atoms with Crippen LogP contribution in [0.15, 0.2) is 18.2 Å². The molecule has 3 nitrogen and oxygen atoms in total. The van der Waals surface area contributed by atoms with Crippen molar-refractivity contribution in [2.24, 2.45) is 0 Å². The number of fused-ring (bicyclic) bond motifs is 1. The molecular formula is C18H17Cl2N3. The Balaban J connectivity index is 2.33. The number of halogens is 2. The van der Waals surface area contributed by atoms with E-state index in [4.69, 9.17) is 28.9 Å². The van der Waals surface area contributed by atoms with E-state index in [-0.39, 0.29) is 5.82 Å². The minimum Gasteiger partial charge on any atom is -0.383 e. The summed E-state index contributed by atoms with van der Waals surface area (Å²) in [5.41, 5.74) is 10.1. The van der Waals surface area contributed by atoms with Gasteiger partial charge in [-0.05, 0) is 37.3 Å². The number of pyridine rings is 1. The lowest BCUT2D eigenvalue weighted by Crippen LogP contribution is -2.10. The van der Waals surface area contributed by atoms with Gasteiger partial charge in [-0.15, -0.1) is 0 Å². The normalized spacial score (nSPS) is 14.5. The molecule has 0 saturated heterocycles. The standard InChI is InChI=1S/C18H17Cl2N3/c19-14-8-5-7-12(17(14)20)16-11-6-3-1-2-4-9-15(11)23-18(22)13(16)10-21/h5,7-8H,1-4,6,9H2,(H2,22,23). The fraction of sp³-hybridized carbons (Fsp3) is 0.333. The van der Waals surface area contributed by atoms with Crippen molar-refractivity contribution in [3.63, 3.8) is 0 Å². The number of nitrogens with two attached hydrogens (primary N) is 1. The fourth-order valence-electron chi connectivity index (χ4n) is 3.22. The Morgan fingerprint density at radius 2 is 1.83 bits per heavy atom. The van der Waals surface area contributed by atoms with Crippen LogP contribution in [0, 0.1) is 11.3 Å². The summed E-state index contributed by atoms with van der Waals surface area (Å²) in [5, 5.41) is 10.5. The number of anilines is 1. The highest BCUT2D eigenvalue weighted by atomic mass is 35.5. The summed E-state index contributed by atoms with van der Waals surface area (Å²) < 4.78 is 0. The second kappa shape index (κ2) is 6.78. The van der Waals surface area contributed by atoms with Crippen molar-refractivity contribution in [2.75, 3.05) is 5.73 Å². The summed E-state index contributed by atoms with van der Waals surface area (Å²) in [4.78, 5) is 4.50. The predicted octanol–water partition coefficient (Wildman–Crippen LogP) is 5.17. The molecule has 0 bridgehead atoms. The molecule has 0 radical (unpaired) electrons. The fourth-order valence-corrected chi connectivity index (χ4v) is 3.62. The van der Waals surface area contributed by atoms with E-state index in [1.54, 1.807) is 6.07 Å². The highest BCUT2D eigenvalue weighted by molar-refractivity contribution is 6.43. The van der Waals surface area contributed by atoms with E-state index in [0.29, 0.717) is 15.6 Å². The number of hydrogen-bond donors (Lipinski definition) is 1. The van der Waals surface area contributed by atoms with Crippen LogP contribution in [0.3, 0.4) is 0 Å². The molecule has 0 aliphatic heterocycles. The lowest BCUT2D eigenvalue weighted by molar-refractivity contribution is 0.610. The first-order valence-corrected chi connectivity index (χ1v) is 8.54. The smallest absolute Gasteiger partial charge is 0.142 e. The van der Waals surface area contributed by atoms with Gasteiger partial charge in [0, 0.05) is 16.8 Å². The van der Waals surface area contributed by atoms with E-state index in [1.807, 2.05) is 12.1 Å². The molecule has 0 saturated carbocycles. The van der Waals surface area contributed by atoms with E-state index in [0.717, 1.165) is 48.1 Å². The summed E-state index contributed by atoms with van der Waals surface area (Å²) in [7, 11) is 0. The molecule has 1 aliphatic carbocycles. The zero-order chi connectivity index (χ0) is 16.4. The molecule has 3 rings (SSSR count). The quantitative estimate of drug-likeness (QED) is 0.775. The largest absolute Gasteiger partial charge is 0.383 e. The summed E-state index contributed by atoms with van der Waals surface area (Å²) in [6, 6.07) is 7.69. The van der Waals surface area contributed by atoms with Crippen LogP contribution in [0.5, 0.6) is 0 Å². The van der Waals surface area contributed by atoms with Gasteiger partial charge in [0.2, 0.25) is 0 Å². The van der Waals surface area contributed by atoms with E-state index in [9.17, 15) is 5.26 Å². The van der Waals surface area contributed by atoms with E-state index in [1.165, 1.54) is 12.8 Å². The molecule has 1 aliphatic rings. The van der Waals surface area contributed by atoms with Gasteiger partial charge in [-0.3, -0.25) is 0 Å². The molecule has 0 fully saturated rings. The first kappa shape index (κ1) is 16.1. The number of aryl methyl sites for hydroxylation is 1. The minimum atomic E-state index is 0.276. The summed E-state index contributed by atoms with van der Waals surface area (Å²) in [6.45, 7) is 0. The van der Waals surface area contributed by atoms with Crippen LogP contribution in [0.25, 0.3) is 11.1 Å². The molecule has 0 unspecified atom stereocenters. The van der Waals surface area contributed by atoms with Gasteiger partial charge < -0.3 is 5.73 Å². The Kier molecular flexibility index (Phi) is 4.75. The number of nitrogen functional groups attached to an aromatic ring is 1. The topological polar surface area (TPSA) is 62.7 Å². The highest BCUT2D eigenvalue weighted by Crippen LogP contribution is 2.40. The number of aromatic nitrogens is 1. The Hall–Kier alpha value is -1.76. The number of nitrogens with zero attached hydrogens (tertiary/aromatic N) is 2. The van der Waals surface area contributed by atoms with Crippen LogP contribution in [0.4, 0.5) is 5.82 Å². The van der Waals surface area contributed by atoms with E-state index < -0.39 is 0 Å². The Bertz CT molecular complexity index is 794. The van der Waals surface area contributed by atoms with Crippen LogP contribution < -0.4 is 5.73 Å². The molecule has 5 heteroatoms. The predicted molar refractivity (Wildman–Crippen MR) is 94.7 cm³/mol. The molecule has 0 atom stereocenters. The van der Waals surface area contributed by atoms with Crippen LogP contribution in [0.2, 0.25) is 10.0 Å². The van der Waals surface area contributed by atoms with Crippen LogP contribution in [0.1, 0.15) is 42.5 Å². The van der Waals surface area contributed by atoms with Gasteiger partial charge in [-0.1, -0.05) is 48.2 Å². The molecular weight excluding hydrogens is 329 g/mol. The second-order valence-corrected chi connectivity index (χ2v) is 6.58. The van der Waals surface area contributed by atoms with Crippen LogP contribution in [-0.4, -0.2) is 4.98 Å². The first-order valence-electron chi connectivity index (χ1n) is 7.79. The molecule has 1 aromatic heterocycles. The molecule has 2 N–H and O–H groups in total. The van der Waals surface area contributed by atoms with Gasteiger partial charge >= 0.3 is 0 Å². The van der Waals surface area contributed by atoms with Gasteiger partial charge in [0.1, 0.15) is 17.5 Å². The number of benzene rings is 1. The van der Waals surface area contributed by atoms with Gasteiger partial charge in [-0.2, -0.15) is 5.26 Å². The SMILES string of the molecule is N#Cc1c(N)nc2c(c1-c1cccc(Cl)c1Cl)CCCCCC2. The summed E-state index contributed by atoms with van der Waals surface area (Å²) in [6.07, 6.45) is 6.33. The van der Waals surface area contributed by atoms with Crippen molar-refractivity contribution < 1.29 is 0 Å². The molecule has 0 spiro atoms. The van der Waals surface area contributed by atoms with Crippen LogP contribution in [-0.2, 0) is 12.8 Å². The average molecular weight is 346 g/mol. The highest BCUT2D eigenvalue weighted by Gasteiger charge is 2.22. The molecule has 2 aromatic rings. The summed E-state index contributed by atoms with van der Waals surface area (Å²) >= 11 is 12.6. The first-order chi connectivity index (χ1) is 11.1. The van der Waals surface area contributed by atoms with Crippen molar-refractivity contribution in [3.05, 3.63) is 45.1 Å². The monoisotopic (exact) mass is 345 g/mol. The van der Waals surface area contributed by atoms with Gasteiger partial charge in [-0.25, -0.2) is 4.98 Å². The van der Waals surface area contributed by atoms with E-state index in [2.05, 4.69) is 11.1 Å². The van der Waals surface area contributed by atoms with Crippen molar-refractivity contribution in [2.45, 2.75) is 38.5 Å². The molecule has 23 heavy (non-hydrogen) atoms. The maximum absolute atomic E-state index is 9.60. The molecule has 0 amide bonds. The zero-order valence-electron chi connectivity index (χ0n) is 12.7. The van der Waals surface area contributed by atoms with Crippen molar-refractivity contribution in [3.8, 4) is 17.2 Å². The molecule has 1 aromatic carbocycles. The maximum atomic E-state index is 9.60. The van der Waals surface area contributed by atoms with Gasteiger partial charge in [0.05, 0.1) is 10.0 Å². The average Bonchev–Trinajstić information content (AvgIpc) is 2.51. The third-order valence-corrected chi connectivity index (χ3v) is 5.15. The molecule has 118 valence electrons. The van der Waals surface area contributed by atoms with Gasteiger partial charge in [0.25, 0.3) is 0 Å². The van der Waals surface area contributed by atoms with E-state index >= 15 is 0 Å². The number of nitriles is 1. The van der Waals surface area contributed by atoms with Crippen molar-refractivity contribution in [1.29, 1.82) is 5.26 Å².